The summed E-state index contributed by atoms with van der Waals surface area (Å²) < 4.78 is 10.8. The summed E-state index contributed by atoms with van der Waals surface area (Å²) in [6.07, 6.45) is 3.36. The maximum absolute atomic E-state index is 5.54. The third kappa shape index (κ3) is 3.48. The molecule has 0 amide bonds. The Morgan fingerprint density at radius 3 is 2.47 bits per heavy atom. The molecule has 0 atom stereocenters. The van der Waals surface area contributed by atoms with Crippen molar-refractivity contribution in [3.05, 3.63) is 29.8 Å². The van der Waals surface area contributed by atoms with Crippen LogP contribution in [0.15, 0.2) is 24.3 Å². The van der Waals surface area contributed by atoms with Crippen LogP contribution in [-0.2, 0) is 10.2 Å². The number of hydrogen-bond acceptors (Lipinski definition) is 3. The highest BCUT2D eigenvalue weighted by atomic mass is 16.5. The van der Waals surface area contributed by atoms with Crippen molar-refractivity contribution in [2.45, 2.75) is 31.6 Å². The zero-order chi connectivity index (χ0) is 13.6. The molecule has 2 rings (SSSR count). The largest absolute Gasteiger partial charge is 0.497 e. The van der Waals surface area contributed by atoms with Crippen molar-refractivity contribution in [3.63, 3.8) is 0 Å². The molecule has 1 aromatic carbocycles. The van der Waals surface area contributed by atoms with E-state index in [1.54, 1.807) is 7.11 Å². The Morgan fingerprint density at radius 2 is 1.89 bits per heavy atom. The molecule has 0 saturated carbocycles. The van der Waals surface area contributed by atoms with E-state index in [9.17, 15) is 0 Å². The molecule has 1 N–H and O–H groups in total. The quantitative estimate of drug-likeness (QED) is 0.801. The van der Waals surface area contributed by atoms with Crippen LogP contribution in [0.25, 0.3) is 0 Å². The average molecular weight is 263 g/mol. The average Bonchev–Trinajstić information content (AvgIpc) is 2.49. The van der Waals surface area contributed by atoms with Gasteiger partial charge in [-0.3, -0.25) is 0 Å². The number of benzene rings is 1. The second-order valence-corrected chi connectivity index (χ2v) is 5.30. The van der Waals surface area contributed by atoms with Crippen LogP contribution < -0.4 is 10.1 Å². The number of ether oxygens (including phenoxy) is 2. The molecule has 1 aliphatic rings. The summed E-state index contributed by atoms with van der Waals surface area (Å²) in [7, 11) is 1.71. The maximum Gasteiger partial charge on any atom is 0.118 e. The Hall–Kier alpha value is -1.06. The van der Waals surface area contributed by atoms with Crippen molar-refractivity contribution < 1.29 is 9.47 Å². The van der Waals surface area contributed by atoms with Crippen LogP contribution in [-0.4, -0.2) is 33.4 Å². The van der Waals surface area contributed by atoms with Crippen LogP contribution in [0.4, 0.5) is 0 Å². The zero-order valence-corrected chi connectivity index (χ0v) is 12.1. The van der Waals surface area contributed by atoms with E-state index in [1.165, 1.54) is 12.0 Å². The SMILES string of the molecule is CCCNCC1(c2ccc(OC)cc2)CCOCC1. The van der Waals surface area contributed by atoms with Crippen molar-refractivity contribution in [1.82, 2.24) is 5.32 Å². The van der Waals surface area contributed by atoms with Gasteiger partial charge in [-0.25, -0.2) is 0 Å². The molecular formula is C16H25NO2. The number of nitrogens with one attached hydrogen (secondary N) is 1. The molecule has 0 unspecified atom stereocenters. The van der Waals surface area contributed by atoms with Gasteiger partial charge in [0.15, 0.2) is 0 Å². The Morgan fingerprint density at radius 1 is 1.21 bits per heavy atom. The predicted molar refractivity (Wildman–Crippen MR) is 77.9 cm³/mol. The predicted octanol–water partition coefficient (Wildman–Crippen LogP) is 2.74. The number of methoxy groups -OCH3 is 1. The molecule has 0 bridgehead atoms. The Kier molecular flexibility index (Phi) is 5.23. The summed E-state index contributed by atoms with van der Waals surface area (Å²) in [6, 6.07) is 8.54. The lowest BCUT2D eigenvalue weighted by molar-refractivity contribution is 0.0499. The molecule has 106 valence electrons. The van der Waals surface area contributed by atoms with Crippen LogP contribution in [0.1, 0.15) is 31.7 Å². The van der Waals surface area contributed by atoms with Crippen LogP contribution in [0.3, 0.4) is 0 Å². The van der Waals surface area contributed by atoms with Crippen molar-refractivity contribution in [2.24, 2.45) is 0 Å². The van der Waals surface area contributed by atoms with Gasteiger partial charge in [-0.05, 0) is 43.5 Å². The summed E-state index contributed by atoms with van der Waals surface area (Å²) >= 11 is 0. The molecule has 0 aromatic heterocycles. The number of hydrogen-bond donors (Lipinski definition) is 1. The van der Waals surface area contributed by atoms with Gasteiger partial charge in [-0.1, -0.05) is 19.1 Å². The molecule has 1 aliphatic heterocycles. The summed E-state index contributed by atoms with van der Waals surface area (Å²) in [4.78, 5) is 0. The Bertz CT molecular complexity index is 369. The highest BCUT2D eigenvalue weighted by Gasteiger charge is 2.33. The lowest BCUT2D eigenvalue weighted by Gasteiger charge is -2.38. The first-order chi connectivity index (χ1) is 9.30. The molecule has 1 aromatic rings. The first-order valence-electron chi connectivity index (χ1n) is 7.24. The minimum Gasteiger partial charge on any atom is -0.497 e. The Balaban J connectivity index is 2.14. The molecule has 3 heteroatoms. The van der Waals surface area contributed by atoms with Crippen molar-refractivity contribution >= 4 is 0 Å². The standard InChI is InChI=1S/C16H25NO2/c1-3-10-17-13-16(8-11-19-12-9-16)14-4-6-15(18-2)7-5-14/h4-7,17H,3,8-13H2,1-2H3. The Labute approximate surface area is 116 Å². The molecule has 19 heavy (non-hydrogen) atoms. The van der Waals surface area contributed by atoms with E-state index in [4.69, 9.17) is 9.47 Å². The van der Waals surface area contributed by atoms with E-state index in [-0.39, 0.29) is 5.41 Å². The van der Waals surface area contributed by atoms with Gasteiger partial charge in [0.05, 0.1) is 7.11 Å². The lowest BCUT2D eigenvalue weighted by Crippen LogP contribution is -2.43. The third-order valence-corrected chi connectivity index (χ3v) is 4.04. The topological polar surface area (TPSA) is 30.5 Å². The van der Waals surface area contributed by atoms with E-state index >= 15 is 0 Å². The van der Waals surface area contributed by atoms with Crippen LogP contribution in [0, 0.1) is 0 Å². The first-order valence-corrected chi connectivity index (χ1v) is 7.24. The van der Waals surface area contributed by atoms with Gasteiger partial charge < -0.3 is 14.8 Å². The normalized spacial score (nSPS) is 18.2. The molecule has 3 nitrogen and oxygen atoms in total. The monoisotopic (exact) mass is 263 g/mol. The summed E-state index contributed by atoms with van der Waals surface area (Å²) in [5, 5.41) is 3.59. The number of rotatable bonds is 6. The lowest BCUT2D eigenvalue weighted by atomic mass is 9.74. The molecule has 1 saturated heterocycles. The van der Waals surface area contributed by atoms with Crippen LogP contribution >= 0.6 is 0 Å². The zero-order valence-electron chi connectivity index (χ0n) is 12.1. The fraction of sp³-hybridized carbons (Fsp3) is 0.625. The van der Waals surface area contributed by atoms with Crippen LogP contribution in [0.5, 0.6) is 5.75 Å². The van der Waals surface area contributed by atoms with Crippen molar-refractivity contribution in [2.75, 3.05) is 33.4 Å². The highest BCUT2D eigenvalue weighted by molar-refractivity contribution is 5.33. The first kappa shape index (κ1) is 14.4. The highest BCUT2D eigenvalue weighted by Crippen LogP contribution is 2.35. The third-order valence-electron chi connectivity index (χ3n) is 4.04. The smallest absolute Gasteiger partial charge is 0.118 e. The van der Waals surface area contributed by atoms with Gasteiger partial charge in [0.1, 0.15) is 5.75 Å². The van der Waals surface area contributed by atoms with Gasteiger partial charge >= 0.3 is 0 Å². The molecule has 0 radical (unpaired) electrons. The minimum atomic E-state index is 0.222. The van der Waals surface area contributed by atoms with E-state index in [0.29, 0.717) is 0 Å². The molecular weight excluding hydrogens is 238 g/mol. The van der Waals surface area contributed by atoms with Crippen LogP contribution in [0.2, 0.25) is 0 Å². The van der Waals surface area contributed by atoms with Gasteiger partial charge in [-0.15, -0.1) is 0 Å². The van der Waals surface area contributed by atoms with Crippen molar-refractivity contribution in [3.8, 4) is 5.75 Å². The maximum atomic E-state index is 5.54. The van der Waals surface area contributed by atoms with E-state index in [1.807, 2.05) is 0 Å². The summed E-state index contributed by atoms with van der Waals surface area (Å²) in [5.74, 6) is 0.924. The fourth-order valence-electron chi connectivity index (χ4n) is 2.78. The summed E-state index contributed by atoms with van der Waals surface area (Å²) in [5.41, 5.74) is 1.62. The molecule has 1 heterocycles. The summed E-state index contributed by atoms with van der Waals surface area (Å²) in [6.45, 7) is 6.05. The van der Waals surface area contributed by atoms with Gasteiger partial charge in [0.2, 0.25) is 0 Å². The van der Waals surface area contributed by atoms with E-state index in [2.05, 4.69) is 36.5 Å². The fourth-order valence-corrected chi connectivity index (χ4v) is 2.78. The van der Waals surface area contributed by atoms with E-state index in [0.717, 1.165) is 44.9 Å². The van der Waals surface area contributed by atoms with Gasteiger partial charge in [0.25, 0.3) is 0 Å². The van der Waals surface area contributed by atoms with E-state index < -0.39 is 0 Å². The van der Waals surface area contributed by atoms with Gasteiger partial charge in [0, 0.05) is 25.2 Å². The molecule has 0 spiro atoms. The second-order valence-electron chi connectivity index (χ2n) is 5.30. The minimum absolute atomic E-state index is 0.222. The van der Waals surface area contributed by atoms with Gasteiger partial charge in [-0.2, -0.15) is 0 Å². The second kappa shape index (κ2) is 6.92. The van der Waals surface area contributed by atoms with Crippen molar-refractivity contribution in [1.29, 1.82) is 0 Å². The molecule has 0 aliphatic carbocycles. The molecule has 1 fully saturated rings.